The van der Waals surface area contributed by atoms with E-state index in [0.29, 0.717) is 5.69 Å². The van der Waals surface area contributed by atoms with Crippen LogP contribution in [0.15, 0.2) is 58.3 Å². The first-order chi connectivity index (χ1) is 11.4. The number of hydrogen-bond donors (Lipinski definition) is 1. The van der Waals surface area contributed by atoms with Crippen LogP contribution in [0.3, 0.4) is 0 Å². The number of halogens is 3. The number of nitrogens with one attached hydrogen (secondary N) is 1. The van der Waals surface area contributed by atoms with E-state index >= 15 is 0 Å². The van der Waals surface area contributed by atoms with Gasteiger partial charge in [-0.15, -0.1) is 0 Å². The molecule has 0 aliphatic carbocycles. The Hall–Kier alpha value is -2.96. The van der Waals surface area contributed by atoms with Gasteiger partial charge >= 0.3 is 6.18 Å². The Labute approximate surface area is 134 Å². The fraction of sp³-hybridized carbons (Fsp3) is 0.118. The third-order valence-corrected chi connectivity index (χ3v) is 3.58. The van der Waals surface area contributed by atoms with Crippen LogP contribution in [0.1, 0.15) is 11.3 Å². The Morgan fingerprint density at radius 1 is 0.958 bits per heavy atom. The lowest BCUT2D eigenvalue weighted by molar-refractivity contribution is -0.137. The average Bonchev–Trinajstić information content (AvgIpc) is 2.58. The van der Waals surface area contributed by atoms with Gasteiger partial charge in [-0.05, 0) is 29.8 Å². The molecule has 0 amide bonds. The number of rotatable bonds is 4. The summed E-state index contributed by atoms with van der Waals surface area (Å²) in [5.74, 6) is 0. The molecule has 1 aromatic heterocycles. The third kappa shape index (κ3) is 2.92. The van der Waals surface area contributed by atoms with Crippen LogP contribution in [0.5, 0.6) is 0 Å². The highest BCUT2D eigenvalue weighted by Crippen LogP contribution is 2.31. The van der Waals surface area contributed by atoms with E-state index in [1.807, 2.05) is 0 Å². The quantitative estimate of drug-likeness (QED) is 0.746. The molecule has 0 spiro atoms. The van der Waals surface area contributed by atoms with Crippen LogP contribution in [-0.2, 0) is 12.7 Å². The molecule has 7 heteroatoms. The summed E-state index contributed by atoms with van der Waals surface area (Å²) >= 11 is 0. The van der Waals surface area contributed by atoms with Crippen LogP contribution in [0.2, 0.25) is 0 Å². The Kier molecular flexibility index (Phi) is 3.92. The Morgan fingerprint density at radius 2 is 1.67 bits per heavy atom. The maximum atomic E-state index is 12.6. The highest BCUT2D eigenvalue weighted by molar-refractivity contribution is 5.81. The third-order valence-electron chi connectivity index (χ3n) is 3.58. The molecule has 1 N–H and O–H groups in total. The van der Waals surface area contributed by atoms with Gasteiger partial charge < -0.3 is 5.32 Å². The van der Waals surface area contributed by atoms with Gasteiger partial charge in [-0.3, -0.25) is 14.6 Å². The molecular weight excluding hydrogens is 321 g/mol. The topological polar surface area (TPSA) is 59.1 Å². The predicted molar refractivity (Wildman–Crippen MR) is 83.4 cm³/mol. The van der Waals surface area contributed by atoms with E-state index in [2.05, 4.69) is 10.3 Å². The maximum absolute atomic E-state index is 12.6. The van der Waals surface area contributed by atoms with E-state index < -0.39 is 22.6 Å². The fourth-order valence-corrected chi connectivity index (χ4v) is 2.34. The molecule has 0 saturated heterocycles. The highest BCUT2D eigenvalue weighted by atomic mass is 19.4. The van der Waals surface area contributed by atoms with Gasteiger partial charge in [-0.2, -0.15) is 13.2 Å². The van der Waals surface area contributed by atoms with Gasteiger partial charge in [0.05, 0.1) is 29.1 Å². The lowest BCUT2D eigenvalue weighted by atomic mass is 9.97. The normalized spacial score (nSPS) is 11.6. The van der Waals surface area contributed by atoms with Crippen LogP contribution in [0, 0.1) is 0 Å². The van der Waals surface area contributed by atoms with Crippen molar-refractivity contribution in [1.82, 2.24) is 4.98 Å². The molecule has 3 aromatic rings. The lowest BCUT2D eigenvalue weighted by Gasteiger charge is -2.14. The molecule has 0 unspecified atom stereocenters. The van der Waals surface area contributed by atoms with Crippen molar-refractivity contribution in [1.29, 1.82) is 0 Å². The lowest BCUT2D eigenvalue weighted by Crippen LogP contribution is -2.36. The van der Waals surface area contributed by atoms with E-state index in [0.717, 1.165) is 12.1 Å². The van der Waals surface area contributed by atoms with Gasteiger partial charge in [-0.25, -0.2) is 0 Å². The van der Waals surface area contributed by atoms with Gasteiger partial charge in [0, 0.05) is 6.20 Å². The minimum atomic E-state index is -4.45. The SMILES string of the molecule is O=c1c(NCc2ccccn2)c(-c2ccc(C(F)(F)F)cc2)c1=O. The van der Waals surface area contributed by atoms with E-state index in [-0.39, 0.29) is 23.4 Å². The van der Waals surface area contributed by atoms with Gasteiger partial charge in [0.25, 0.3) is 0 Å². The van der Waals surface area contributed by atoms with Gasteiger partial charge in [0.15, 0.2) is 0 Å². The zero-order valence-electron chi connectivity index (χ0n) is 12.2. The van der Waals surface area contributed by atoms with Crippen LogP contribution < -0.4 is 16.2 Å². The molecule has 3 rings (SSSR count). The second kappa shape index (κ2) is 5.92. The van der Waals surface area contributed by atoms with Gasteiger partial charge in [-0.1, -0.05) is 18.2 Å². The number of pyridine rings is 1. The van der Waals surface area contributed by atoms with E-state index in [9.17, 15) is 22.8 Å². The summed E-state index contributed by atoms with van der Waals surface area (Å²) in [6, 6.07) is 9.41. The molecule has 0 radical (unpaired) electrons. The predicted octanol–water partition coefficient (Wildman–Crippen LogP) is 2.98. The van der Waals surface area contributed by atoms with Crippen LogP contribution in [0.25, 0.3) is 11.1 Å². The molecule has 122 valence electrons. The Bertz CT molecular complexity index is 925. The van der Waals surface area contributed by atoms with Crippen molar-refractivity contribution in [3.63, 3.8) is 0 Å². The van der Waals surface area contributed by atoms with Crippen molar-refractivity contribution in [3.8, 4) is 11.1 Å². The summed E-state index contributed by atoms with van der Waals surface area (Å²) in [7, 11) is 0. The standard InChI is InChI=1S/C17H11F3N2O2/c18-17(19,20)11-6-4-10(5-7-11)13-14(16(24)15(13)23)22-9-12-3-1-2-8-21-12/h1-8,22H,9H2. The maximum Gasteiger partial charge on any atom is 0.416 e. The number of benzene rings is 1. The number of hydrogen-bond acceptors (Lipinski definition) is 4. The van der Waals surface area contributed by atoms with Crippen molar-refractivity contribution < 1.29 is 13.2 Å². The first kappa shape index (κ1) is 15.9. The van der Waals surface area contributed by atoms with Crippen molar-refractivity contribution in [2.24, 2.45) is 0 Å². The fourth-order valence-electron chi connectivity index (χ4n) is 2.34. The molecule has 0 atom stereocenters. The summed E-state index contributed by atoms with van der Waals surface area (Å²) in [5, 5.41) is 2.83. The first-order valence-electron chi connectivity index (χ1n) is 7.02. The average molecular weight is 332 g/mol. The molecule has 1 heterocycles. The summed E-state index contributed by atoms with van der Waals surface area (Å²) in [4.78, 5) is 27.6. The Balaban J connectivity index is 1.86. The van der Waals surface area contributed by atoms with E-state index in [1.165, 1.54) is 12.1 Å². The second-order valence-electron chi connectivity index (χ2n) is 5.16. The smallest absolute Gasteiger partial charge is 0.375 e. The zero-order chi connectivity index (χ0) is 17.3. The highest BCUT2D eigenvalue weighted by Gasteiger charge is 2.30. The molecule has 0 fully saturated rings. The summed E-state index contributed by atoms with van der Waals surface area (Å²) in [6.45, 7) is 0.235. The van der Waals surface area contributed by atoms with Crippen molar-refractivity contribution in [3.05, 3.63) is 80.4 Å². The molecule has 0 aliphatic heterocycles. The van der Waals surface area contributed by atoms with E-state index in [1.54, 1.807) is 24.4 Å². The number of alkyl halides is 3. The second-order valence-corrected chi connectivity index (χ2v) is 5.16. The van der Waals surface area contributed by atoms with Gasteiger partial charge in [0.2, 0.25) is 10.9 Å². The molecule has 0 bridgehead atoms. The minimum Gasteiger partial charge on any atom is -0.375 e. The molecular formula is C17H11F3N2O2. The molecule has 0 aliphatic rings. The van der Waals surface area contributed by atoms with Crippen molar-refractivity contribution >= 4 is 5.69 Å². The molecule has 0 saturated carbocycles. The van der Waals surface area contributed by atoms with Crippen LogP contribution in [-0.4, -0.2) is 4.98 Å². The summed E-state index contributed by atoms with van der Waals surface area (Å²) in [5.41, 5.74) is -1.05. The monoisotopic (exact) mass is 332 g/mol. The first-order valence-corrected chi connectivity index (χ1v) is 7.02. The number of nitrogens with zero attached hydrogens (tertiary/aromatic N) is 1. The molecule has 24 heavy (non-hydrogen) atoms. The molecule has 4 nitrogen and oxygen atoms in total. The molecule has 2 aromatic carbocycles. The number of aromatic nitrogens is 1. The summed E-state index contributed by atoms with van der Waals surface area (Å²) < 4.78 is 37.8. The van der Waals surface area contributed by atoms with E-state index in [4.69, 9.17) is 0 Å². The van der Waals surface area contributed by atoms with Gasteiger partial charge in [0.1, 0.15) is 0 Å². The van der Waals surface area contributed by atoms with Crippen LogP contribution >= 0.6 is 0 Å². The minimum absolute atomic E-state index is 0.102. The Morgan fingerprint density at radius 3 is 2.25 bits per heavy atom. The largest absolute Gasteiger partial charge is 0.416 e. The van der Waals surface area contributed by atoms with Crippen molar-refractivity contribution in [2.75, 3.05) is 5.32 Å². The van der Waals surface area contributed by atoms with Crippen LogP contribution in [0.4, 0.5) is 18.9 Å². The van der Waals surface area contributed by atoms with Crippen molar-refractivity contribution in [2.45, 2.75) is 12.7 Å². The number of anilines is 1. The zero-order valence-corrected chi connectivity index (χ0v) is 12.2. The summed E-state index contributed by atoms with van der Waals surface area (Å²) in [6.07, 6.45) is -2.86.